The summed E-state index contributed by atoms with van der Waals surface area (Å²) in [4.78, 5) is 70.3. The van der Waals surface area contributed by atoms with Crippen LogP contribution >= 0.6 is 0 Å². The van der Waals surface area contributed by atoms with Crippen LogP contribution in [0.3, 0.4) is 0 Å². The Kier molecular flexibility index (Phi) is 8.99. The molecule has 57 heavy (non-hydrogen) atoms. The van der Waals surface area contributed by atoms with Crippen LogP contribution in [0.25, 0.3) is 10.8 Å². The van der Waals surface area contributed by atoms with Crippen LogP contribution in [0.15, 0.2) is 67.0 Å². The molecule has 5 heterocycles. The van der Waals surface area contributed by atoms with Gasteiger partial charge in [0.05, 0.1) is 29.0 Å². The number of nitrogens with one attached hydrogen (secondary N) is 2. The van der Waals surface area contributed by atoms with Gasteiger partial charge in [0.1, 0.15) is 11.6 Å². The second kappa shape index (κ2) is 14.0. The normalized spacial score (nSPS) is 21.7. The fraction of sp³-hybridized carbons (Fsp3) is 0.432. The first-order chi connectivity index (χ1) is 27.4. The number of likely N-dealkylation sites (tertiary alicyclic amines) is 1. The number of hydrogen-bond acceptors (Lipinski definition) is 9. The summed E-state index contributed by atoms with van der Waals surface area (Å²) in [6.45, 7) is 7.59. The number of anilines is 2. The molecule has 1 aromatic heterocycles. The molecule has 1 atom stereocenters. The van der Waals surface area contributed by atoms with Crippen LogP contribution in [-0.4, -0.2) is 87.4 Å². The van der Waals surface area contributed by atoms with E-state index in [-0.39, 0.29) is 24.7 Å². The number of piperidine rings is 3. The van der Waals surface area contributed by atoms with Gasteiger partial charge >= 0.3 is 0 Å². The minimum absolute atomic E-state index is 0.0971. The smallest absolute Gasteiger partial charge is 0.262 e. The molecule has 4 aliphatic heterocycles. The highest BCUT2D eigenvalue weighted by Crippen LogP contribution is 2.52. The molecule has 13 nitrogen and oxygen atoms in total. The fourth-order valence-corrected chi connectivity index (χ4v) is 9.84. The monoisotopic (exact) mass is 766 g/mol. The van der Waals surface area contributed by atoms with Gasteiger partial charge < -0.3 is 15.1 Å². The maximum absolute atomic E-state index is 13.6. The Balaban J connectivity index is 0.762. The zero-order valence-corrected chi connectivity index (χ0v) is 32.3. The summed E-state index contributed by atoms with van der Waals surface area (Å²) in [6, 6.07) is 18.4. The van der Waals surface area contributed by atoms with Crippen molar-refractivity contribution in [1.82, 2.24) is 24.9 Å². The number of carbonyl (C=O) groups excluding carboxylic acids is 5. The predicted octanol–water partition coefficient (Wildman–Crippen LogP) is 5.31. The quantitative estimate of drug-likeness (QED) is 0.238. The summed E-state index contributed by atoms with van der Waals surface area (Å²) < 4.78 is 1.77. The molecule has 13 heteroatoms. The standard InChI is InChI=1S/C44H46N8O5/c1-43(2,42(57)47-36-10-7-28(24-45)32-5-3-4-6-33(32)36)51-26-29(25-46-51)27-13-17-49(18-14-27)31-22-44(23-31)15-19-50(20-16-44)30-8-9-34-35(21-30)41(56)52(40(34)55)37-11-12-38(53)48-39(37)54/h3-10,21,25-27,31,37H,11-20,22-23H2,1-2H3,(H,47,57)(H,48,53,54). The highest BCUT2D eigenvalue weighted by molar-refractivity contribution is 6.23. The SMILES string of the molecule is CC(C)(C(=O)Nc1ccc(C#N)c2ccccc12)n1cc(C2CCN(C3CC4(CCN(c5ccc6c(c5)C(=O)N(C5CCC(=O)NC5=O)C6=O)CC4)C3)CC2)cn1. The maximum Gasteiger partial charge on any atom is 0.262 e. The average molecular weight is 767 g/mol. The third kappa shape index (κ3) is 6.36. The number of aromatic nitrogens is 2. The van der Waals surface area contributed by atoms with Crippen molar-refractivity contribution in [2.45, 2.75) is 88.8 Å². The topological polar surface area (TPSA) is 161 Å². The number of carbonyl (C=O) groups is 5. The van der Waals surface area contributed by atoms with E-state index in [9.17, 15) is 29.2 Å². The summed E-state index contributed by atoms with van der Waals surface area (Å²) in [7, 11) is 0. The van der Waals surface area contributed by atoms with E-state index in [4.69, 9.17) is 0 Å². The van der Waals surface area contributed by atoms with Gasteiger partial charge in [0.15, 0.2) is 0 Å². The van der Waals surface area contributed by atoms with Gasteiger partial charge in [0, 0.05) is 53.9 Å². The molecule has 1 saturated carbocycles. The Morgan fingerprint density at radius 1 is 0.912 bits per heavy atom. The molecule has 2 N–H and O–H groups in total. The second-order valence-electron chi connectivity index (χ2n) is 17.1. The molecule has 292 valence electrons. The maximum atomic E-state index is 13.6. The molecule has 0 radical (unpaired) electrons. The zero-order chi connectivity index (χ0) is 39.6. The van der Waals surface area contributed by atoms with Crippen molar-refractivity contribution >= 4 is 51.7 Å². The van der Waals surface area contributed by atoms with Crippen molar-refractivity contribution < 1.29 is 24.0 Å². The van der Waals surface area contributed by atoms with Crippen molar-refractivity contribution in [3.05, 3.63) is 89.2 Å². The van der Waals surface area contributed by atoms with Gasteiger partial charge in [0.2, 0.25) is 11.8 Å². The first-order valence-corrected chi connectivity index (χ1v) is 20.1. The van der Waals surface area contributed by atoms with E-state index >= 15 is 0 Å². The molecule has 4 fully saturated rings. The highest BCUT2D eigenvalue weighted by Gasteiger charge is 2.49. The van der Waals surface area contributed by atoms with Crippen LogP contribution in [0.2, 0.25) is 0 Å². The first-order valence-electron chi connectivity index (χ1n) is 20.1. The molecule has 5 amide bonds. The van der Waals surface area contributed by atoms with E-state index in [1.165, 1.54) is 12.8 Å². The number of rotatable bonds is 7. The molecule has 3 saturated heterocycles. The predicted molar refractivity (Wildman–Crippen MR) is 212 cm³/mol. The lowest BCUT2D eigenvalue weighted by atomic mass is 9.59. The van der Waals surface area contributed by atoms with E-state index in [1.54, 1.807) is 28.9 Å². The van der Waals surface area contributed by atoms with Crippen LogP contribution in [0.4, 0.5) is 11.4 Å². The molecular formula is C44H46N8O5. The van der Waals surface area contributed by atoms with Crippen LogP contribution < -0.4 is 15.5 Å². The number of nitriles is 1. The summed E-state index contributed by atoms with van der Waals surface area (Å²) >= 11 is 0. The van der Waals surface area contributed by atoms with E-state index < -0.39 is 29.3 Å². The summed E-state index contributed by atoms with van der Waals surface area (Å²) in [6.07, 6.45) is 10.8. The minimum Gasteiger partial charge on any atom is -0.371 e. The molecule has 1 unspecified atom stereocenters. The van der Waals surface area contributed by atoms with Crippen LogP contribution in [-0.2, 0) is 19.9 Å². The van der Waals surface area contributed by atoms with Gasteiger partial charge in [0.25, 0.3) is 17.7 Å². The Labute approximate surface area is 331 Å². The number of fused-ring (bicyclic) bond motifs is 2. The lowest BCUT2D eigenvalue weighted by molar-refractivity contribution is -0.136. The van der Waals surface area contributed by atoms with Crippen molar-refractivity contribution in [3.8, 4) is 6.07 Å². The van der Waals surface area contributed by atoms with Crippen molar-refractivity contribution in [3.63, 3.8) is 0 Å². The van der Waals surface area contributed by atoms with Crippen LogP contribution in [0.5, 0.6) is 0 Å². The Bertz CT molecular complexity index is 2370. The third-order valence-corrected chi connectivity index (χ3v) is 13.5. The number of amides is 5. The van der Waals surface area contributed by atoms with Gasteiger partial charge in [-0.3, -0.25) is 38.9 Å². The van der Waals surface area contributed by atoms with Gasteiger partial charge in [-0.15, -0.1) is 0 Å². The number of imide groups is 2. The van der Waals surface area contributed by atoms with Crippen LogP contribution in [0, 0.1) is 16.7 Å². The summed E-state index contributed by atoms with van der Waals surface area (Å²) in [5.41, 5.74) is 3.36. The molecular weight excluding hydrogens is 721 g/mol. The van der Waals surface area contributed by atoms with Crippen molar-refractivity contribution in [2.75, 3.05) is 36.4 Å². The van der Waals surface area contributed by atoms with E-state index in [2.05, 4.69) is 31.6 Å². The Morgan fingerprint density at radius 3 is 2.35 bits per heavy atom. The Hall–Kier alpha value is -5.87. The lowest BCUT2D eigenvalue weighted by Crippen LogP contribution is -2.56. The summed E-state index contributed by atoms with van der Waals surface area (Å²) in [5, 5.41) is 21.2. The third-order valence-electron chi connectivity index (χ3n) is 13.5. The molecule has 3 aromatic carbocycles. The minimum atomic E-state index is -0.966. The molecule has 5 aliphatic rings. The van der Waals surface area contributed by atoms with Crippen LogP contribution in [0.1, 0.15) is 103 Å². The van der Waals surface area contributed by atoms with E-state index in [0.717, 1.165) is 78.8 Å². The first kappa shape index (κ1) is 36.7. The summed E-state index contributed by atoms with van der Waals surface area (Å²) in [5.74, 6) is -1.73. The van der Waals surface area contributed by atoms with Gasteiger partial charge in [-0.2, -0.15) is 10.4 Å². The van der Waals surface area contributed by atoms with E-state index in [1.807, 2.05) is 56.6 Å². The van der Waals surface area contributed by atoms with E-state index in [0.29, 0.717) is 39.8 Å². The number of benzene rings is 3. The fourth-order valence-electron chi connectivity index (χ4n) is 9.84. The molecule has 1 aliphatic carbocycles. The molecule has 9 rings (SSSR count). The van der Waals surface area contributed by atoms with Crippen molar-refractivity contribution in [2.24, 2.45) is 5.41 Å². The lowest BCUT2D eigenvalue weighted by Gasteiger charge is -2.56. The van der Waals surface area contributed by atoms with Gasteiger partial charge in [-0.25, -0.2) is 0 Å². The van der Waals surface area contributed by atoms with Gasteiger partial charge in [-0.05, 0) is 119 Å². The zero-order valence-electron chi connectivity index (χ0n) is 32.3. The molecule has 1 spiro atoms. The number of nitrogens with zero attached hydrogens (tertiary/aromatic N) is 6. The largest absolute Gasteiger partial charge is 0.371 e. The Morgan fingerprint density at radius 2 is 1.63 bits per heavy atom. The average Bonchev–Trinajstić information content (AvgIpc) is 3.81. The molecule has 0 bridgehead atoms. The second-order valence-corrected chi connectivity index (χ2v) is 17.1. The highest BCUT2D eigenvalue weighted by atomic mass is 16.2. The van der Waals surface area contributed by atoms with Crippen molar-refractivity contribution in [1.29, 1.82) is 5.26 Å². The number of hydrogen-bond donors (Lipinski definition) is 2. The molecule has 4 aromatic rings. The van der Waals surface area contributed by atoms with Gasteiger partial charge in [-0.1, -0.05) is 24.3 Å².